The summed E-state index contributed by atoms with van der Waals surface area (Å²) in [4.78, 5) is 14.4. The molecule has 1 amide bonds. The lowest BCUT2D eigenvalue weighted by atomic mass is 9.84. The van der Waals surface area contributed by atoms with E-state index in [1.165, 1.54) is 6.42 Å². The number of piperidine rings is 1. The van der Waals surface area contributed by atoms with Crippen molar-refractivity contribution >= 4 is 11.4 Å². The van der Waals surface area contributed by atoms with Crippen molar-refractivity contribution in [3.63, 3.8) is 0 Å². The van der Waals surface area contributed by atoms with Gasteiger partial charge in [-0.05, 0) is 42.7 Å². The van der Waals surface area contributed by atoms with Crippen LogP contribution in [0.3, 0.4) is 0 Å². The monoisotopic (exact) mass is 391 g/mol. The fourth-order valence-electron chi connectivity index (χ4n) is 4.19. The highest BCUT2D eigenvalue weighted by Crippen LogP contribution is 2.31. The number of amides is 1. The van der Waals surface area contributed by atoms with Gasteiger partial charge in [0.05, 0.1) is 6.20 Å². The van der Waals surface area contributed by atoms with Crippen molar-refractivity contribution in [2.75, 3.05) is 13.1 Å². The number of fused-ring (bicyclic) bond motifs is 1. The van der Waals surface area contributed by atoms with Gasteiger partial charge in [0.15, 0.2) is 0 Å². The lowest BCUT2D eigenvalue weighted by Crippen LogP contribution is -2.45. The summed E-state index contributed by atoms with van der Waals surface area (Å²) in [5.41, 5.74) is 2.58. The number of likely N-dealkylation sites (tertiary alicyclic amines) is 1. The lowest BCUT2D eigenvalue weighted by molar-refractivity contribution is -0.140. The average Bonchev–Trinajstić information content (AvgIpc) is 3.17. The molecule has 1 aliphatic heterocycles. The van der Waals surface area contributed by atoms with Gasteiger partial charge in [-0.3, -0.25) is 4.79 Å². The zero-order chi connectivity index (χ0) is 19.8. The van der Waals surface area contributed by atoms with Gasteiger partial charge in [-0.25, -0.2) is 4.52 Å². The quantitative estimate of drug-likeness (QED) is 0.733. The Morgan fingerprint density at radius 1 is 1.03 bits per heavy atom. The summed E-state index contributed by atoms with van der Waals surface area (Å²) in [6.45, 7) is 1.59. The van der Waals surface area contributed by atoms with Crippen molar-refractivity contribution < 1.29 is 14.6 Å². The Hall–Kier alpha value is -3.02. The molecule has 1 aliphatic carbocycles. The molecular formula is C23H25N3O3. The zero-order valence-electron chi connectivity index (χ0n) is 16.3. The largest absolute Gasteiger partial charge is 0.506 e. The van der Waals surface area contributed by atoms with Gasteiger partial charge >= 0.3 is 0 Å². The van der Waals surface area contributed by atoms with E-state index in [0.717, 1.165) is 55.6 Å². The van der Waals surface area contributed by atoms with E-state index in [4.69, 9.17) is 4.74 Å². The van der Waals surface area contributed by atoms with Crippen LogP contribution in [-0.4, -0.2) is 44.7 Å². The molecule has 2 aliphatic rings. The van der Waals surface area contributed by atoms with E-state index < -0.39 is 0 Å². The Balaban J connectivity index is 1.21. The third-order valence-corrected chi connectivity index (χ3v) is 6.18. The van der Waals surface area contributed by atoms with Gasteiger partial charge in [-0.15, -0.1) is 0 Å². The fourth-order valence-corrected chi connectivity index (χ4v) is 4.19. The molecule has 0 unspecified atom stereocenters. The summed E-state index contributed by atoms with van der Waals surface area (Å²) in [7, 11) is 0. The van der Waals surface area contributed by atoms with Crippen LogP contribution in [-0.2, 0) is 4.79 Å². The highest BCUT2D eigenvalue weighted by atomic mass is 16.5. The molecule has 3 heterocycles. The number of hydrogen-bond donors (Lipinski definition) is 1. The number of hydrogen-bond acceptors (Lipinski definition) is 4. The maximum Gasteiger partial charge on any atom is 0.225 e. The second-order valence-electron chi connectivity index (χ2n) is 8.07. The summed E-state index contributed by atoms with van der Waals surface area (Å²) in [6.07, 6.45) is 8.80. The molecule has 0 radical (unpaired) electrons. The second kappa shape index (κ2) is 7.43. The average molecular weight is 391 g/mol. The molecule has 1 N–H and O–H groups in total. The van der Waals surface area contributed by atoms with Crippen LogP contribution in [0.2, 0.25) is 0 Å². The van der Waals surface area contributed by atoms with Crippen molar-refractivity contribution in [3.8, 4) is 22.6 Å². The van der Waals surface area contributed by atoms with Crippen molar-refractivity contribution in [2.45, 2.75) is 38.2 Å². The number of carbonyl (C=O) groups is 1. The number of aromatic hydroxyl groups is 1. The Morgan fingerprint density at radius 2 is 1.79 bits per heavy atom. The van der Waals surface area contributed by atoms with Gasteiger partial charge in [0.25, 0.3) is 0 Å². The van der Waals surface area contributed by atoms with Gasteiger partial charge < -0.3 is 14.7 Å². The number of benzene rings is 1. The third-order valence-electron chi connectivity index (χ3n) is 6.18. The van der Waals surface area contributed by atoms with E-state index in [0.29, 0.717) is 11.4 Å². The Kier molecular flexibility index (Phi) is 4.62. The van der Waals surface area contributed by atoms with Crippen LogP contribution in [0.15, 0.2) is 48.8 Å². The molecular weight excluding hydrogens is 366 g/mol. The van der Waals surface area contributed by atoms with Crippen LogP contribution in [0, 0.1) is 5.92 Å². The molecule has 29 heavy (non-hydrogen) atoms. The standard InChI is InChI=1S/C23H25N3O3/c27-22-14-18(15-26-21(22)8-11-24-26)16-4-6-19(7-5-16)29-20-9-12-25(13-10-20)23(28)17-2-1-3-17/h4-8,11,14-15,17,20,27H,1-3,9-10,12-13H2. The van der Waals surface area contributed by atoms with Crippen molar-refractivity contribution in [1.82, 2.24) is 14.5 Å². The van der Waals surface area contributed by atoms with Crippen LogP contribution in [0.25, 0.3) is 16.6 Å². The first-order chi connectivity index (χ1) is 14.2. The van der Waals surface area contributed by atoms with E-state index in [2.05, 4.69) is 5.10 Å². The van der Waals surface area contributed by atoms with Crippen molar-refractivity contribution in [3.05, 3.63) is 48.8 Å². The lowest BCUT2D eigenvalue weighted by Gasteiger charge is -2.36. The molecule has 1 aromatic carbocycles. The van der Waals surface area contributed by atoms with Crippen LogP contribution in [0.1, 0.15) is 32.1 Å². The molecule has 0 bridgehead atoms. The van der Waals surface area contributed by atoms with Crippen molar-refractivity contribution in [2.24, 2.45) is 5.92 Å². The number of carbonyl (C=O) groups excluding carboxylic acids is 1. The van der Waals surface area contributed by atoms with Crippen LogP contribution >= 0.6 is 0 Å². The molecule has 1 saturated carbocycles. The zero-order valence-corrected chi connectivity index (χ0v) is 16.3. The maximum absolute atomic E-state index is 12.4. The minimum atomic E-state index is 0.149. The molecule has 6 nitrogen and oxygen atoms in total. The smallest absolute Gasteiger partial charge is 0.225 e. The van der Waals surface area contributed by atoms with E-state index in [1.807, 2.05) is 35.4 Å². The minimum Gasteiger partial charge on any atom is -0.506 e. The molecule has 0 atom stereocenters. The van der Waals surface area contributed by atoms with Crippen LogP contribution in [0.5, 0.6) is 11.5 Å². The van der Waals surface area contributed by atoms with Crippen LogP contribution in [0.4, 0.5) is 0 Å². The number of ether oxygens (including phenoxy) is 1. The first-order valence-corrected chi connectivity index (χ1v) is 10.4. The fraction of sp³-hybridized carbons (Fsp3) is 0.391. The van der Waals surface area contributed by atoms with E-state index >= 15 is 0 Å². The first-order valence-electron chi connectivity index (χ1n) is 10.4. The summed E-state index contributed by atoms with van der Waals surface area (Å²) < 4.78 is 7.83. The number of pyridine rings is 1. The molecule has 2 aromatic heterocycles. The van der Waals surface area contributed by atoms with E-state index in [-0.39, 0.29) is 17.8 Å². The maximum atomic E-state index is 12.4. The van der Waals surface area contributed by atoms with Gasteiger partial charge in [0, 0.05) is 43.6 Å². The SMILES string of the molecule is O=C(C1CCC1)N1CCC(Oc2ccc(-c3cc(O)c4ccnn4c3)cc2)CC1. The highest BCUT2D eigenvalue weighted by molar-refractivity contribution is 5.79. The van der Waals surface area contributed by atoms with E-state index in [1.54, 1.807) is 22.8 Å². The summed E-state index contributed by atoms with van der Waals surface area (Å²) in [5, 5.41) is 14.4. The first kappa shape index (κ1) is 18.0. The van der Waals surface area contributed by atoms with Gasteiger partial charge in [-0.2, -0.15) is 5.10 Å². The number of nitrogens with zero attached hydrogens (tertiary/aromatic N) is 3. The normalized spacial score (nSPS) is 18.0. The Bertz CT molecular complexity index is 1020. The Morgan fingerprint density at radius 3 is 2.48 bits per heavy atom. The summed E-state index contributed by atoms with van der Waals surface area (Å²) >= 11 is 0. The van der Waals surface area contributed by atoms with Gasteiger partial charge in [0.2, 0.25) is 5.91 Å². The highest BCUT2D eigenvalue weighted by Gasteiger charge is 2.32. The van der Waals surface area contributed by atoms with E-state index in [9.17, 15) is 9.90 Å². The second-order valence-corrected chi connectivity index (χ2v) is 8.07. The topological polar surface area (TPSA) is 67.1 Å². The number of rotatable bonds is 4. The van der Waals surface area contributed by atoms with Gasteiger partial charge in [0.1, 0.15) is 23.1 Å². The molecule has 150 valence electrons. The minimum absolute atomic E-state index is 0.149. The van der Waals surface area contributed by atoms with Crippen molar-refractivity contribution in [1.29, 1.82) is 0 Å². The third kappa shape index (κ3) is 3.55. The molecule has 6 heteroatoms. The number of aromatic nitrogens is 2. The van der Waals surface area contributed by atoms with Gasteiger partial charge in [-0.1, -0.05) is 18.6 Å². The Labute approximate surface area is 169 Å². The molecule has 3 aromatic rings. The molecule has 5 rings (SSSR count). The predicted molar refractivity (Wildman–Crippen MR) is 110 cm³/mol. The summed E-state index contributed by atoms with van der Waals surface area (Å²) in [5.74, 6) is 1.67. The molecule has 0 spiro atoms. The van der Waals surface area contributed by atoms with Crippen LogP contribution < -0.4 is 4.74 Å². The predicted octanol–water partition coefficient (Wildman–Crippen LogP) is 3.88. The molecule has 1 saturated heterocycles. The summed E-state index contributed by atoms with van der Waals surface area (Å²) in [6, 6.07) is 11.4. The molecule has 2 fully saturated rings.